The molecule has 6 nitrogen and oxygen atoms in total. The first-order valence-corrected chi connectivity index (χ1v) is 12.7. The average molecular weight is 451 g/mol. The molecule has 2 aliphatic rings. The van der Waals surface area contributed by atoms with Crippen molar-refractivity contribution in [3.8, 4) is 0 Å². The molecule has 0 aliphatic carbocycles. The third-order valence-electron chi connectivity index (χ3n) is 6.85. The summed E-state index contributed by atoms with van der Waals surface area (Å²) in [4.78, 5) is 26.6. The molecule has 0 spiro atoms. The van der Waals surface area contributed by atoms with Crippen LogP contribution in [0.2, 0.25) is 0 Å². The number of carbonyl (C=O) groups excluding carboxylic acids is 2. The Morgan fingerprint density at radius 1 is 0.719 bits per heavy atom. The predicted octanol–water partition coefficient (Wildman–Crippen LogP) is 4.24. The van der Waals surface area contributed by atoms with Crippen molar-refractivity contribution < 1.29 is 9.59 Å². The molecule has 0 saturated carbocycles. The lowest BCUT2D eigenvalue weighted by Crippen LogP contribution is -2.62. The first-order valence-electron chi connectivity index (χ1n) is 12.7. The highest BCUT2D eigenvalue weighted by atomic mass is 16.2. The Hall–Kier alpha value is -1.14. The fourth-order valence-electron chi connectivity index (χ4n) is 6.37. The lowest BCUT2D eigenvalue weighted by molar-refractivity contribution is -0.131. The highest BCUT2D eigenvalue weighted by Gasteiger charge is 2.42. The quantitative estimate of drug-likeness (QED) is 0.329. The SMILES string of the molecule is CCCCCC(NC(=O)C1CC(C)(C)NC(C)(C)C1)NC(=O)C1CC(C)(C)NC(C)(C)C1. The topological polar surface area (TPSA) is 82.3 Å². The summed E-state index contributed by atoms with van der Waals surface area (Å²) < 4.78 is 0. The minimum absolute atomic E-state index is 0.0522. The van der Waals surface area contributed by atoms with Gasteiger partial charge in [-0.1, -0.05) is 19.8 Å². The zero-order chi connectivity index (χ0) is 24.4. The van der Waals surface area contributed by atoms with Crippen molar-refractivity contribution in [3.63, 3.8) is 0 Å². The molecule has 0 atom stereocenters. The number of carbonyl (C=O) groups is 2. The first kappa shape index (κ1) is 27.1. The van der Waals surface area contributed by atoms with Gasteiger partial charge in [0, 0.05) is 34.0 Å². The molecule has 2 heterocycles. The zero-order valence-corrected chi connectivity index (χ0v) is 22.2. The van der Waals surface area contributed by atoms with Crippen LogP contribution >= 0.6 is 0 Å². The van der Waals surface area contributed by atoms with Gasteiger partial charge in [-0.15, -0.1) is 0 Å². The molecule has 32 heavy (non-hydrogen) atoms. The van der Waals surface area contributed by atoms with Crippen LogP contribution < -0.4 is 21.3 Å². The lowest BCUT2D eigenvalue weighted by atomic mass is 9.75. The van der Waals surface area contributed by atoms with Crippen LogP contribution in [0.25, 0.3) is 0 Å². The minimum Gasteiger partial charge on any atom is -0.336 e. The smallest absolute Gasteiger partial charge is 0.224 e. The molecule has 2 amide bonds. The molecule has 0 aromatic rings. The van der Waals surface area contributed by atoms with Crippen LogP contribution in [0, 0.1) is 11.8 Å². The Labute approximate surface area is 196 Å². The molecular formula is C26H50N4O2. The van der Waals surface area contributed by atoms with Crippen LogP contribution in [0.5, 0.6) is 0 Å². The van der Waals surface area contributed by atoms with E-state index in [1.54, 1.807) is 0 Å². The van der Waals surface area contributed by atoms with E-state index in [1.807, 2.05) is 0 Å². The molecule has 2 fully saturated rings. The van der Waals surface area contributed by atoms with Crippen LogP contribution in [0.1, 0.15) is 114 Å². The Morgan fingerprint density at radius 3 is 1.38 bits per heavy atom. The molecule has 2 rings (SSSR count). The largest absolute Gasteiger partial charge is 0.336 e. The minimum atomic E-state index is -0.302. The highest BCUT2D eigenvalue weighted by molar-refractivity contribution is 5.82. The number of amides is 2. The van der Waals surface area contributed by atoms with Gasteiger partial charge in [0.1, 0.15) is 6.17 Å². The number of rotatable bonds is 8. The Kier molecular flexibility index (Phi) is 8.47. The van der Waals surface area contributed by atoms with Gasteiger partial charge in [0.25, 0.3) is 0 Å². The second-order valence-corrected chi connectivity index (χ2v) is 13.1. The van der Waals surface area contributed by atoms with E-state index >= 15 is 0 Å². The monoisotopic (exact) mass is 450 g/mol. The van der Waals surface area contributed by atoms with E-state index in [0.29, 0.717) is 0 Å². The fourth-order valence-corrected chi connectivity index (χ4v) is 6.37. The van der Waals surface area contributed by atoms with E-state index in [1.165, 1.54) is 0 Å². The number of hydrogen-bond acceptors (Lipinski definition) is 4. The van der Waals surface area contributed by atoms with Crippen LogP contribution in [0.3, 0.4) is 0 Å². The van der Waals surface area contributed by atoms with Gasteiger partial charge in [-0.05, 0) is 93.9 Å². The highest BCUT2D eigenvalue weighted by Crippen LogP contribution is 2.34. The van der Waals surface area contributed by atoms with Gasteiger partial charge in [0.2, 0.25) is 11.8 Å². The number of unbranched alkanes of at least 4 members (excludes halogenated alkanes) is 2. The number of hydrogen-bond donors (Lipinski definition) is 4. The molecule has 0 radical (unpaired) electrons. The van der Waals surface area contributed by atoms with Gasteiger partial charge in [0.05, 0.1) is 0 Å². The Balaban J connectivity index is 2.07. The van der Waals surface area contributed by atoms with E-state index < -0.39 is 0 Å². The summed E-state index contributed by atoms with van der Waals surface area (Å²) in [5.41, 5.74) is -0.345. The molecule has 2 aliphatic heterocycles. The fraction of sp³-hybridized carbons (Fsp3) is 0.923. The maximum atomic E-state index is 13.3. The molecule has 186 valence electrons. The second kappa shape index (κ2) is 10.0. The zero-order valence-electron chi connectivity index (χ0n) is 22.2. The van der Waals surface area contributed by atoms with Crippen molar-refractivity contribution in [3.05, 3.63) is 0 Å². The van der Waals surface area contributed by atoms with E-state index in [-0.39, 0.29) is 52.0 Å². The Morgan fingerprint density at radius 2 is 1.06 bits per heavy atom. The molecule has 0 bridgehead atoms. The van der Waals surface area contributed by atoms with Gasteiger partial charge in [-0.25, -0.2) is 0 Å². The van der Waals surface area contributed by atoms with Gasteiger partial charge < -0.3 is 21.3 Å². The van der Waals surface area contributed by atoms with E-state index in [0.717, 1.165) is 51.4 Å². The van der Waals surface area contributed by atoms with Crippen LogP contribution in [-0.2, 0) is 9.59 Å². The molecular weight excluding hydrogens is 400 g/mol. The van der Waals surface area contributed by atoms with Gasteiger partial charge >= 0.3 is 0 Å². The summed E-state index contributed by atoms with van der Waals surface area (Å²) in [6, 6.07) is 0. The standard InChI is InChI=1S/C26H50N4O2/c1-10-11-12-13-20(27-21(31)18-14-23(2,3)29-24(4,5)15-18)28-22(32)19-16-25(6,7)30-26(8,9)17-19/h18-20,29-30H,10-17H2,1-9H3,(H,27,31)(H,28,32). The molecule has 0 aromatic heterocycles. The maximum absolute atomic E-state index is 13.3. The van der Waals surface area contributed by atoms with Crippen molar-refractivity contribution in [2.45, 2.75) is 142 Å². The van der Waals surface area contributed by atoms with Gasteiger partial charge in [-0.3, -0.25) is 9.59 Å². The average Bonchev–Trinajstić information content (AvgIpc) is 2.56. The van der Waals surface area contributed by atoms with Crippen LogP contribution in [-0.4, -0.2) is 40.1 Å². The van der Waals surface area contributed by atoms with Gasteiger partial charge in [0.15, 0.2) is 0 Å². The van der Waals surface area contributed by atoms with Crippen molar-refractivity contribution in [2.75, 3.05) is 0 Å². The molecule has 4 N–H and O–H groups in total. The van der Waals surface area contributed by atoms with Crippen LogP contribution in [0.4, 0.5) is 0 Å². The number of nitrogens with one attached hydrogen (secondary N) is 4. The van der Waals surface area contributed by atoms with Crippen molar-refractivity contribution >= 4 is 11.8 Å². The maximum Gasteiger partial charge on any atom is 0.224 e. The summed E-state index contributed by atoms with van der Waals surface area (Å²) in [5, 5.41) is 13.7. The summed E-state index contributed by atoms with van der Waals surface area (Å²) in [5.74, 6) is 0.0352. The van der Waals surface area contributed by atoms with E-state index in [9.17, 15) is 9.59 Å². The molecule has 2 saturated heterocycles. The summed E-state index contributed by atoms with van der Waals surface area (Å²) >= 11 is 0. The summed E-state index contributed by atoms with van der Waals surface area (Å²) in [6.45, 7) is 19.5. The van der Waals surface area contributed by atoms with Crippen molar-refractivity contribution in [1.29, 1.82) is 0 Å². The Bertz CT molecular complexity index is 585. The molecule has 0 aromatic carbocycles. The van der Waals surface area contributed by atoms with E-state index in [2.05, 4.69) is 83.6 Å². The summed E-state index contributed by atoms with van der Waals surface area (Å²) in [7, 11) is 0. The van der Waals surface area contributed by atoms with Crippen molar-refractivity contribution in [1.82, 2.24) is 21.3 Å². The third-order valence-corrected chi connectivity index (χ3v) is 6.85. The van der Waals surface area contributed by atoms with E-state index in [4.69, 9.17) is 0 Å². The first-order chi connectivity index (χ1) is 14.5. The summed E-state index contributed by atoms with van der Waals surface area (Å²) in [6.07, 6.45) is 6.88. The predicted molar refractivity (Wildman–Crippen MR) is 132 cm³/mol. The van der Waals surface area contributed by atoms with Crippen LogP contribution in [0.15, 0.2) is 0 Å². The van der Waals surface area contributed by atoms with Crippen molar-refractivity contribution in [2.24, 2.45) is 11.8 Å². The number of piperidine rings is 2. The third kappa shape index (κ3) is 8.33. The molecule has 6 heteroatoms. The van der Waals surface area contributed by atoms with Gasteiger partial charge in [-0.2, -0.15) is 0 Å². The normalized spacial score (nSPS) is 24.8. The lowest BCUT2D eigenvalue weighted by Gasteiger charge is -2.46. The molecule has 0 unspecified atom stereocenters. The second-order valence-electron chi connectivity index (χ2n) is 13.1.